The molecule has 1 rings (SSSR count). The van der Waals surface area contributed by atoms with Crippen LogP contribution in [0.3, 0.4) is 0 Å². The van der Waals surface area contributed by atoms with E-state index in [2.05, 4.69) is 19.2 Å². The second-order valence-corrected chi connectivity index (χ2v) is 3.30. The maximum atomic E-state index is 5.50. The monoisotopic (exact) mass is 195 g/mol. The maximum Gasteiger partial charge on any atom is 0.163 e. The van der Waals surface area contributed by atoms with Gasteiger partial charge in [0.25, 0.3) is 0 Å². The standard InChI is InChI=1S/C11H17NO2/c1-9(2)12-8-14-11-7-5-4-6-10(11)13-3/h4-7,9,12H,8H2,1-3H3. The molecule has 0 saturated carbocycles. The van der Waals surface area contributed by atoms with E-state index >= 15 is 0 Å². The van der Waals surface area contributed by atoms with Crippen LogP contribution in [0.2, 0.25) is 0 Å². The number of hydrogen-bond acceptors (Lipinski definition) is 3. The Morgan fingerprint density at radius 1 is 1.21 bits per heavy atom. The lowest BCUT2D eigenvalue weighted by Gasteiger charge is -2.12. The van der Waals surface area contributed by atoms with Gasteiger partial charge in [0, 0.05) is 6.04 Å². The highest BCUT2D eigenvalue weighted by atomic mass is 16.5. The number of nitrogens with one attached hydrogen (secondary N) is 1. The average molecular weight is 195 g/mol. The van der Waals surface area contributed by atoms with Crippen molar-refractivity contribution in [2.24, 2.45) is 0 Å². The summed E-state index contributed by atoms with van der Waals surface area (Å²) >= 11 is 0. The van der Waals surface area contributed by atoms with Crippen LogP contribution in [-0.4, -0.2) is 19.9 Å². The summed E-state index contributed by atoms with van der Waals surface area (Å²) < 4.78 is 10.7. The molecule has 1 aromatic carbocycles. The molecule has 0 aliphatic carbocycles. The van der Waals surface area contributed by atoms with Crippen molar-refractivity contribution in [2.75, 3.05) is 13.8 Å². The number of ether oxygens (including phenoxy) is 2. The lowest BCUT2D eigenvalue weighted by Crippen LogP contribution is -2.27. The van der Waals surface area contributed by atoms with Gasteiger partial charge in [-0.1, -0.05) is 12.1 Å². The number of rotatable bonds is 5. The van der Waals surface area contributed by atoms with E-state index in [-0.39, 0.29) is 0 Å². The first-order valence-corrected chi connectivity index (χ1v) is 4.73. The van der Waals surface area contributed by atoms with Crippen LogP contribution in [-0.2, 0) is 0 Å². The molecule has 3 heteroatoms. The van der Waals surface area contributed by atoms with E-state index < -0.39 is 0 Å². The van der Waals surface area contributed by atoms with Gasteiger partial charge in [0.15, 0.2) is 11.5 Å². The Labute approximate surface area is 85.0 Å². The van der Waals surface area contributed by atoms with Crippen LogP contribution in [0.5, 0.6) is 11.5 Å². The van der Waals surface area contributed by atoms with Crippen LogP contribution in [0.15, 0.2) is 24.3 Å². The number of benzene rings is 1. The van der Waals surface area contributed by atoms with Gasteiger partial charge < -0.3 is 9.47 Å². The van der Waals surface area contributed by atoms with Gasteiger partial charge in [-0.25, -0.2) is 0 Å². The fourth-order valence-corrected chi connectivity index (χ4v) is 1.02. The number of hydrogen-bond donors (Lipinski definition) is 1. The summed E-state index contributed by atoms with van der Waals surface area (Å²) in [5.41, 5.74) is 0. The Balaban J connectivity index is 2.49. The number of para-hydroxylation sites is 2. The van der Waals surface area contributed by atoms with E-state index in [0.29, 0.717) is 12.8 Å². The Morgan fingerprint density at radius 3 is 2.43 bits per heavy atom. The molecular weight excluding hydrogens is 178 g/mol. The Kier molecular flexibility index (Phi) is 4.26. The molecule has 0 aliphatic rings. The van der Waals surface area contributed by atoms with Crippen molar-refractivity contribution in [3.05, 3.63) is 24.3 Å². The zero-order valence-corrected chi connectivity index (χ0v) is 8.91. The number of methoxy groups -OCH3 is 1. The second-order valence-electron chi connectivity index (χ2n) is 3.30. The highest BCUT2D eigenvalue weighted by molar-refractivity contribution is 5.39. The third-order valence-corrected chi connectivity index (χ3v) is 1.79. The zero-order chi connectivity index (χ0) is 10.4. The van der Waals surface area contributed by atoms with Gasteiger partial charge in [0.05, 0.1) is 7.11 Å². The van der Waals surface area contributed by atoms with E-state index in [1.54, 1.807) is 7.11 Å². The first-order chi connectivity index (χ1) is 6.74. The van der Waals surface area contributed by atoms with Crippen molar-refractivity contribution in [2.45, 2.75) is 19.9 Å². The lowest BCUT2D eigenvalue weighted by molar-refractivity contribution is 0.257. The SMILES string of the molecule is COc1ccccc1OCNC(C)C. The van der Waals surface area contributed by atoms with Gasteiger partial charge in [-0.15, -0.1) is 0 Å². The van der Waals surface area contributed by atoms with Gasteiger partial charge in [-0.2, -0.15) is 0 Å². The highest BCUT2D eigenvalue weighted by Crippen LogP contribution is 2.25. The topological polar surface area (TPSA) is 30.5 Å². The van der Waals surface area contributed by atoms with Crippen molar-refractivity contribution in [3.63, 3.8) is 0 Å². The Bertz CT molecular complexity index is 274. The van der Waals surface area contributed by atoms with Crippen LogP contribution in [0.4, 0.5) is 0 Å². The molecule has 78 valence electrons. The van der Waals surface area contributed by atoms with Crippen molar-refractivity contribution >= 4 is 0 Å². The van der Waals surface area contributed by atoms with Gasteiger partial charge in [-0.3, -0.25) is 5.32 Å². The summed E-state index contributed by atoms with van der Waals surface area (Å²) in [5.74, 6) is 1.53. The molecule has 1 N–H and O–H groups in total. The summed E-state index contributed by atoms with van der Waals surface area (Å²) in [5, 5.41) is 3.17. The summed E-state index contributed by atoms with van der Waals surface area (Å²) in [4.78, 5) is 0. The van der Waals surface area contributed by atoms with Crippen LogP contribution in [0.1, 0.15) is 13.8 Å². The molecule has 14 heavy (non-hydrogen) atoms. The van der Waals surface area contributed by atoms with Crippen molar-refractivity contribution in [3.8, 4) is 11.5 Å². The molecule has 0 amide bonds. The largest absolute Gasteiger partial charge is 0.493 e. The van der Waals surface area contributed by atoms with Crippen LogP contribution in [0.25, 0.3) is 0 Å². The third kappa shape index (κ3) is 3.26. The van der Waals surface area contributed by atoms with E-state index in [1.807, 2.05) is 24.3 Å². The zero-order valence-electron chi connectivity index (χ0n) is 8.91. The summed E-state index contributed by atoms with van der Waals surface area (Å²) in [6, 6.07) is 8.03. The molecule has 0 aliphatic heterocycles. The average Bonchev–Trinajstić information content (AvgIpc) is 2.18. The molecule has 0 heterocycles. The molecule has 1 aromatic rings. The van der Waals surface area contributed by atoms with Crippen LogP contribution in [0, 0.1) is 0 Å². The molecular formula is C11H17NO2. The molecule has 0 atom stereocenters. The minimum absolute atomic E-state index is 0.421. The first-order valence-electron chi connectivity index (χ1n) is 4.73. The van der Waals surface area contributed by atoms with Crippen LogP contribution < -0.4 is 14.8 Å². The minimum atomic E-state index is 0.421. The van der Waals surface area contributed by atoms with Crippen LogP contribution >= 0.6 is 0 Å². The second kappa shape index (κ2) is 5.50. The van der Waals surface area contributed by atoms with Crippen molar-refractivity contribution in [1.82, 2.24) is 5.32 Å². The summed E-state index contributed by atoms with van der Waals surface area (Å²) in [7, 11) is 1.64. The first kappa shape index (κ1) is 10.9. The molecule has 0 radical (unpaired) electrons. The molecule has 0 bridgehead atoms. The maximum absolute atomic E-state index is 5.50. The molecule has 3 nitrogen and oxygen atoms in total. The fourth-order valence-electron chi connectivity index (χ4n) is 1.02. The normalized spacial score (nSPS) is 10.3. The van der Waals surface area contributed by atoms with Gasteiger partial charge >= 0.3 is 0 Å². The molecule has 0 fully saturated rings. The Hall–Kier alpha value is -1.22. The highest BCUT2D eigenvalue weighted by Gasteiger charge is 2.01. The van der Waals surface area contributed by atoms with Gasteiger partial charge in [0.2, 0.25) is 0 Å². The third-order valence-electron chi connectivity index (χ3n) is 1.79. The molecule has 0 aromatic heterocycles. The minimum Gasteiger partial charge on any atom is -0.493 e. The van der Waals surface area contributed by atoms with E-state index in [1.165, 1.54) is 0 Å². The predicted molar refractivity (Wildman–Crippen MR) is 56.8 cm³/mol. The van der Waals surface area contributed by atoms with Crippen molar-refractivity contribution in [1.29, 1.82) is 0 Å². The smallest absolute Gasteiger partial charge is 0.163 e. The van der Waals surface area contributed by atoms with E-state index in [9.17, 15) is 0 Å². The predicted octanol–water partition coefficient (Wildman–Crippen LogP) is 2.03. The van der Waals surface area contributed by atoms with Crippen molar-refractivity contribution < 1.29 is 9.47 Å². The summed E-state index contributed by atoms with van der Waals surface area (Å²) in [6.07, 6.45) is 0. The Morgan fingerprint density at radius 2 is 1.86 bits per heavy atom. The van der Waals surface area contributed by atoms with E-state index in [4.69, 9.17) is 9.47 Å². The molecule has 0 unspecified atom stereocenters. The van der Waals surface area contributed by atoms with E-state index in [0.717, 1.165) is 11.5 Å². The lowest BCUT2D eigenvalue weighted by atomic mass is 10.3. The quantitative estimate of drug-likeness (QED) is 0.729. The van der Waals surface area contributed by atoms with Gasteiger partial charge in [0.1, 0.15) is 6.73 Å². The fraction of sp³-hybridized carbons (Fsp3) is 0.455. The van der Waals surface area contributed by atoms with Gasteiger partial charge in [-0.05, 0) is 26.0 Å². The molecule has 0 saturated heterocycles. The molecule has 0 spiro atoms. The summed E-state index contributed by atoms with van der Waals surface area (Å²) in [6.45, 7) is 4.65.